The Balaban J connectivity index is 2.61. The molecule has 0 saturated carbocycles. The van der Waals surface area contributed by atoms with E-state index in [0.717, 1.165) is 30.8 Å². The Hall–Kier alpha value is -1.16. The van der Waals surface area contributed by atoms with Crippen molar-refractivity contribution in [3.05, 3.63) is 18.1 Å². The number of nitrogens with two attached hydrogens (primary N) is 1. The quantitative estimate of drug-likeness (QED) is 0.745. The molecule has 4 nitrogen and oxygen atoms in total. The number of hydrogen-bond acceptors (Lipinski definition) is 4. The summed E-state index contributed by atoms with van der Waals surface area (Å²) in [4.78, 5) is 8.36. The second kappa shape index (κ2) is 6.35. The van der Waals surface area contributed by atoms with Gasteiger partial charge in [-0.15, -0.1) is 0 Å². The average molecular weight is 208 g/mol. The maximum Gasteiger partial charge on any atom is 0.129 e. The first kappa shape index (κ1) is 11.9. The Bertz CT molecular complexity index is 288. The summed E-state index contributed by atoms with van der Waals surface area (Å²) in [6, 6.07) is 2.41. The lowest BCUT2D eigenvalue weighted by atomic mass is 10.1. The van der Waals surface area contributed by atoms with Gasteiger partial charge in [0, 0.05) is 17.8 Å². The van der Waals surface area contributed by atoms with Crippen molar-refractivity contribution in [3.8, 4) is 0 Å². The summed E-state index contributed by atoms with van der Waals surface area (Å²) < 4.78 is 0. The second-order valence-corrected chi connectivity index (χ2v) is 3.57. The first-order chi connectivity index (χ1) is 7.30. The summed E-state index contributed by atoms with van der Waals surface area (Å²) in [7, 11) is 0. The summed E-state index contributed by atoms with van der Waals surface area (Å²) >= 11 is 0. The molecule has 0 aliphatic carbocycles. The Morgan fingerprint density at radius 1 is 1.40 bits per heavy atom. The zero-order valence-electron chi connectivity index (χ0n) is 9.53. The maximum absolute atomic E-state index is 5.54. The van der Waals surface area contributed by atoms with Crippen LogP contribution in [0.3, 0.4) is 0 Å². The highest BCUT2D eigenvalue weighted by atomic mass is 15.0. The standard InChI is InChI=1S/C11H20N4/c1-3-9(5-6-12)15-11-7-10(4-2)13-8-14-11/h7-9H,3-6,12H2,1-2H3,(H,13,14,15). The third kappa shape index (κ3) is 3.83. The molecular formula is C11H20N4. The van der Waals surface area contributed by atoms with E-state index >= 15 is 0 Å². The third-order valence-electron chi connectivity index (χ3n) is 2.45. The minimum Gasteiger partial charge on any atom is -0.367 e. The highest BCUT2D eigenvalue weighted by Crippen LogP contribution is 2.09. The normalized spacial score (nSPS) is 12.5. The van der Waals surface area contributed by atoms with Crippen LogP contribution in [0, 0.1) is 0 Å². The lowest BCUT2D eigenvalue weighted by Crippen LogP contribution is -2.22. The molecule has 15 heavy (non-hydrogen) atoms. The van der Waals surface area contributed by atoms with E-state index < -0.39 is 0 Å². The van der Waals surface area contributed by atoms with E-state index in [1.807, 2.05) is 6.07 Å². The van der Waals surface area contributed by atoms with Gasteiger partial charge in [0.1, 0.15) is 12.1 Å². The van der Waals surface area contributed by atoms with Gasteiger partial charge in [-0.05, 0) is 25.8 Å². The smallest absolute Gasteiger partial charge is 0.129 e. The van der Waals surface area contributed by atoms with Crippen molar-refractivity contribution in [1.82, 2.24) is 9.97 Å². The highest BCUT2D eigenvalue weighted by Gasteiger charge is 2.05. The van der Waals surface area contributed by atoms with Gasteiger partial charge in [0.2, 0.25) is 0 Å². The van der Waals surface area contributed by atoms with E-state index in [9.17, 15) is 0 Å². The van der Waals surface area contributed by atoms with Crippen molar-refractivity contribution in [3.63, 3.8) is 0 Å². The van der Waals surface area contributed by atoms with Crippen LogP contribution in [0.5, 0.6) is 0 Å². The van der Waals surface area contributed by atoms with Gasteiger partial charge >= 0.3 is 0 Å². The van der Waals surface area contributed by atoms with Crippen LogP contribution in [-0.4, -0.2) is 22.6 Å². The molecular weight excluding hydrogens is 188 g/mol. The molecule has 0 aromatic carbocycles. The fourth-order valence-electron chi connectivity index (χ4n) is 1.46. The van der Waals surface area contributed by atoms with Crippen molar-refractivity contribution in [2.75, 3.05) is 11.9 Å². The van der Waals surface area contributed by atoms with E-state index in [1.54, 1.807) is 6.33 Å². The summed E-state index contributed by atoms with van der Waals surface area (Å²) in [5.74, 6) is 0.905. The van der Waals surface area contributed by atoms with Crippen LogP contribution in [0.1, 0.15) is 32.4 Å². The Labute approximate surface area is 91.3 Å². The van der Waals surface area contributed by atoms with Gasteiger partial charge in [-0.2, -0.15) is 0 Å². The van der Waals surface area contributed by atoms with Crippen LogP contribution in [-0.2, 0) is 6.42 Å². The van der Waals surface area contributed by atoms with Crippen molar-refractivity contribution in [2.24, 2.45) is 5.73 Å². The Morgan fingerprint density at radius 3 is 2.80 bits per heavy atom. The molecule has 1 heterocycles. The lowest BCUT2D eigenvalue weighted by molar-refractivity contribution is 0.639. The van der Waals surface area contributed by atoms with Crippen molar-refractivity contribution in [2.45, 2.75) is 39.2 Å². The predicted molar refractivity (Wildman–Crippen MR) is 62.8 cm³/mol. The fraction of sp³-hybridized carbons (Fsp3) is 0.636. The Morgan fingerprint density at radius 2 is 2.20 bits per heavy atom. The largest absolute Gasteiger partial charge is 0.367 e. The van der Waals surface area contributed by atoms with Gasteiger partial charge < -0.3 is 11.1 Å². The molecule has 0 amide bonds. The van der Waals surface area contributed by atoms with Crippen LogP contribution in [0.4, 0.5) is 5.82 Å². The number of nitrogens with one attached hydrogen (secondary N) is 1. The van der Waals surface area contributed by atoms with Crippen molar-refractivity contribution < 1.29 is 0 Å². The number of rotatable bonds is 6. The fourth-order valence-corrected chi connectivity index (χ4v) is 1.46. The van der Waals surface area contributed by atoms with Gasteiger partial charge in [-0.1, -0.05) is 13.8 Å². The van der Waals surface area contributed by atoms with E-state index in [4.69, 9.17) is 5.73 Å². The molecule has 3 N–H and O–H groups in total. The molecule has 1 aromatic rings. The van der Waals surface area contributed by atoms with Crippen LogP contribution < -0.4 is 11.1 Å². The van der Waals surface area contributed by atoms with E-state index in [1.165, 1.54) is 0 Å². The molecule has 0 saturated heterocycles. The molecule has 84 valence electrons. The first-order valence-electron chi connectivity index (χ1n) is 5.57. The zero-order valence-corrected chi connectivity index (χ0v) is 9.53. The van der Waals surface area contributed by atoms with Crippen LogP contribution in [0.25, 0.3) is 0 Å². The van der Waals surface area contributed by atoms with Gasteiger partial charge in [0.25, 0.3) is 0 Å². The second-order valence-electron chi connectivity index (χ2n) is 3.57. The molecule has 0 fully saturated rings. The topological polar surface area (TPSA) is 63.8 Å². The monoisotopic (exact) mass is 208 g/mol. The molecule has 0 bridgehead atoms. The van der Waals surface area contributed by atoms with Crippen molar-refractivity contribution >= 4 is 5.82 Å². The van der Waals surface area contributed by atoms with Crippen LogP contribution in [0.2, 0.25) is 0 Å². The summed E-state index contributed by atoms with van der Waals surface area (Å²) in [5.41, 5.74) is 6.61. The van der Waals surface area contributed by atoms with Gasteiger partial charge in [-0.3, -0.25) is 0 Å². The molecule has 0 aliphatic heterocycles. The maximum atomic E-state index is 5.54. The van der Waals surface area contributed by atoms with Crippen molar-refractivity contribution in [1.29, 1.82) is 0 Å². The molecule has 1 atom stereocenters. The van der Waals surface area contributed by atoms with E-state index in [0.29, 0.717) is 12.6 Å². The minimum atomic E-state index is 0.412. The van der Waals surface area contributed by atoms with Crippen LogP contribution in [0.15, 0.2) is 12.4 Å². The predicted octanol–water partition coefficient (Wildman–Crippen LogP) is 1.58. The van der Waals surface area contributed by atoms with Gasteiger partial charge in [-0.25, -0.2) is 9.97 Å². The highest BCUT2D eigenvalue weighted by molar-refractivity contribution is 5.35. The molecule has 1 unspecified atom stereocenters. The molecule has 4 heteroatoms. The number of anilines is 1. The van der Waals surface area contributed by atoms with E-state index in [2.05, 4.69) is 29.1 Å². The SMILES string of the molecule is CCc1cc(NC(CC)CCN)ncn1. The summed E-state index contributed by atoms with van der Waals surface area (Å²) in [5, 5.41) is 3.37. The number of aryl methyl sites for hydroxylation is 1. The summed E-state index contributed by atoms with van der Waals surface area (Å²) in [6.45, 7) is 4.94. The zero-order chi connectivity index (χ0) is 11.1. The molecule has 0 aliphatic rings. The first-order valence-corrected chi connectivity index (χ1v) is 5.57. The van der Waals surface area contributed by atoms with E-state index in [-0.39, 0.29) is 0 Å². The third-order valence-corrected chi connectivity index (χ3v) is 2.45. The van der Waals surface area contributed by atoms with Gasteiger partial charge in [0.05, 0.1) is 0 Å². The Kier molecular flexibility index (Phi) is 5.04. The molecule has 0 spiro atoms. The summed E-state index contributed by atoms with van der Waals surface area (Å²) in [6.07, 6.45) is 4.58. The number of hydrogen-bond donors (Lipinski definition) is 2. The number of aromatic nitrogens is 2. The minimum absolute atomic E-state index is 0.412. The van der Waals surface area contributed by atoms with Crippen LogP contribution >= 0.6 is 0 Å². The lowest BCUT2D eigenvalue weighted by Gasteiger charge is -2.16. The molecule has 0 radical (unpaired) electrons. The molecule has 1 aromatic heterocycles. The average Bonchev–Trinajstić information content (AvgIpc) is 2.29. The number of nitrogens with zero attached hydrogens (tertiary/aromatic N) is 2. The molecule has 1 rings (SSSR count). The van der Waals surface area contributed by atoms with Gasteiger partial charge in [0.15, 0.2) is 0 Å².